The molecule has 1 aromatic rings. The first-order valence-electron chi connectivity index (χ1n) is 7.30. The van der Waals surface area contributed by atoms with Crippen LogP contribution >= 0.6 is 0 Å². The number of rotatable bonds is 4. The van der Waals surface area contributed by atoms with Crippen molar-refractivity contribution < 1.29 is 0 Å². The fourth-order valence-corrected chi connectivity index (χ4v) is 2.82. The molecule has 1 N–H and O–H groups in total. The minimum absolute atomic E-state index is 0.411. The number of piperazine rings is 1. The molecular weight excluding hydrogens is 232 g/mol. The van der Waals surface area contributed by atoms with E-state index in [9.17, 15) is 0 Å². The van der Waals surface area contributed by atoms with Gasteiger partial charge in [0.1, 0.15) is 0 Å². The van der Waals surface area contributed by atoms with Crippen LogP contribution in [-0.4, -0.2) is 30.1 Å². The average molecular weight is 258 g/mol. The summed E-state index contributed by atoms with van der Waals surface area (Å²) in [5.41, 5.74) is 1.39. The molecule has 104 valence electrons. The summed E-state index contributed by atoms with van der Waals surface area (Å²) in [4.78, 5) is 2.57. The quantitative estimate of drug-likeness (QED) is 0.834. The lowest BCUT2D eigenvalue weighted by Crippen LogP contribution is -2.56. The Morgan fingerprint density at radius 2 is 1.95 bits per heavy atom. The van der Waals surface area contributed by atoms with Crippen molar-refractivity contribution in [3.8, 4) is 0 Å². The van der Waals surface area contributed by atoms with Crippen molar-refractivity contribution in [2.75, 3.05) is 13.1 Å². The standard InChI is InChI=1S/C17H26N2/c1-5-14(4)19-12-16(13(2)3)18-11-17(19)15-9-7-6-8-10-15/h5-10,13-14,16-18H,1,11-12H2,2-4H3. The lowest BCUT2D eigenvalue weighted by molar-refractivity contribution is 0.0936. The summed E-state index contributed by atoms with van der Waals surface area (Å²) in [5.74, 6) is 0.663. The summed E-state index contributed by atoms with van der Waals surface area (Å²) < 4.78 is 0. The molecule has 3 unspecified atom stereocenters. The van der Waals surface area contributed by atoms with Crippen molar-refractivity contribution in [1.29, 1.82) is 0 Å². The second-order valence-corrected chi connectivity index (χ2v) is 5.86. The Kier molecular flexibility index (Phi) is 4.78. The molecule has 1 aliphatic heterocycles. The smallest absolute Gasteiger partial charge is 0.0479 e. The topological polar surface area (TPSA) is 15.3 Å². The van der Waals surface area contributed by atoms with E-state index in [1.807, 2.05) is 0 Å². The minimum atomic E-state index is 0.411. The Balaban J connectivity index is 2.20. The maximum absolute atomic E-state index is 3.97. The van der Waals surface area contributed by atoms with Gasteiger partial charge in [0.15, 0.2) is 0 Å². The number of hydrogen-bond acceptors (Lipinski definition) is 2. The minimum Gasteiger partial charge on any atom is -0.311 e. The van der Waals surface area contributed by atoms with Crippen molar-refractivity contribution in [3.63, 3.8) is 0 Å². The van der Waals surface area contributed by atoms with Gasteiger partial charge in [0.25, 0.3) is 0 Å². The zero-order valence-electron chi connectivity index (χ0n) is 12.3. The highest BCUT2D eigenvalue weighted by molar-refractivity contribution is 5.21. The Hall–Kier alpha value is -1.12. The third-order valence-electron chi connectivity index (χ3n) is 4.23. The summed E-state index contributed by atoms with van der Waals surface area (Å²) in [6.45, 7) is 12.9. The lowest BCUT2D eigenvalue weighted by Gasteiger charge is -2.44. The molecule has 19 heavy (non-hydrogen) atoms. The van der Waals surface area contributed by atoms with Gasteiger partial charge in [-0.05, 0) is 18.4 Å². The van der Waals surface area contributed by atoms with E-state index in [4.69, 9.17) is 0 Å². The average Bonchev–Trinajstić information content (AvgIpc) is 2.46. The van der Waals surface area contributed by atoms with Crippen molar-refractivity contribution in [1.82, 2.24) is 10.2 Å². The van der Waals surface area contributed by atoms with Gasteiger partial charge in [-0.15, -0.1) is 6.58 Å². The predicted molar refractivity (Wildman–Crippen MR) is 82.2 cm³/mol. The van der Waals surface area contributed by atoms with Crippen LogP contribution in [0.4, 0.5) is 0 Å². The van der Waals surface area contributed by atoms with Crippen molar-refractivity contribution >= 4 is 0 Å². The van der Waals surface area contributed by atoms with Crippen LogP contribution in [0, 0.1) is 5.92 Å². The normalized spacial score (nSPS) is 26.3. The van der Waals surface area contributed by atoms with Gasteiger partial charge >= 0.3 is 0 Å². The molecule has 0 saturated carbocycles. The largest absolute Gasteiger partial charge is 0.311 e. The van der Waals surface area contributed by atoms with Crippen LogP contribution in [0.5, 0.6) is 0 Å². The maximum Gasteiger partial charge on any atom is 0.0479 e. The van der Waals surface area contributed by atoms with E-state index in [1.54, 1.807) is 0 Å². The van der Waals surface area contributed by atoms with E-state index in [0.29, 0.717) is 24.0 Å². The number of nitrogens with one attached hydrogen (secondary N) is 1. The third-order valence-corrected chi connectivity index (χ3v) is 4.23. The highest BCUT2D eigenvalue weighted by atomic mass is 15.3. The highest BCUT2D eigenvalue weighted by Crippen LogP contribution is 2.27. The number of hydrogen-bond donors (Lipinski definition) is 1. The summed E-state index contributed by atoms with van der Waals surface area (Å²) in [6.07, 6.45) is 2.05. The monoisotopic (exact) mass is 258 g/mol. The number of benzene rings is 1. The SMILES string of the molecule is C=CC(C)N1CC(C(C)C)NCC1c1ccccc1. The molecule has 0 amide bonds. The van der Waals surface area contributed by atoms with Crippen molar-refractivity contribution in [2.45, 2.75) is 38.9 Å². The van der Waals surface area contributed by atoms with Gasteiger partial charge in [-0.3, -0.25) is 4.90 Å². The summed E-state index contributed by atoms with van der Waals surface area (Å²) in [6, 6.07) is 12.2. The van der Waals surface area contributed by atoms with Gasteiger partial charge in [0, 0.05) is 31.2 Å². The van der Waals surface area contributed by atoms with Crippen LogP contribution in [0.15, 0.2) is 43.0 Å². The van der Waals surface area contributed by atoms with Crippen LogP contribution < -0.4 is 5.32 Å². The van der Waals surface area contributed by atoms with E-state index < -0.39 is 0 Å². The molecule has 0 aromatic heterocycles. The van der Waals surface area contributed by atoms with Gasteiger partial charge in [0.05, 0.1) is 0 Å². The molecule has 1 aliphatic rings. The molecule has 2 rings (SSSR count). The first-order valence-corrected chi connectivity index (χ1v) is 7.30. The molecule has 1 aromatic carbocycles. The van der Waals surface area contributed by atoms with Crippen LogP contribution in [0.3, 0.4) is 0 Å². The van der Waals surface area contributed by atoms with Gasteiger partial charge < -0.3 is 5.32 Å². The molecule has 0 radical (unpaired) electrons. The van der Waals surface area contributed by atoms with E-state index >= 15 is 0 Å². The van der Waals surface area contributed by atoms with Crippen molar-refractivity contribution in [2.24, 2.45) is 5.92 Å². The maximum atomic E-state index is 3.97. The van der Waals surface area contributed by atoms with Gasteiger partial charge in [-0.2, -0.15) is 0 Å². The zero-order valence-corrected chi connectivity index (χ0v) is 12.3. The Morgan fingerprint density at radius 1 is 1.26 bits per heavy atom. The molecule has 0 aliphatic carbocycles. The second kappa shape index (κ2) is 6.36. The first kappa shape index (κ1) is 14.3. The lowest BCUT2D eigenvalue weighted by atomic mass is 9.94. The van der Waals surface area contributed by atoms with Crippen LogP contribution in [0.25, 0.3) is 0 Å². The Labute approximate surface area is 117 Å². The molecular formula is C17H26N2. The van der Waals surface area contributed by atoms with Gasteiger partial charge in [-0.1, -0.05) is 50.3 Å². The third kappa shape index (κ3) is 3.26. The van der Waals surface area contributed by atoms with E-state index in [2.05, 4.69) is 74.0 Å². The molecule has 2 nitrogen and oxygen atoms in total. The molecule has 3 atom stereocenters. The fraction of sp³-hybridized carbons (Fsp3) is 0.529. The molecule has 1 saturated heterocycles. The van der Waals surface area contributed by atoms with Gasteiger partial charge in [0.2, 0.25) is 0 Å². The molecule has 2 heteroatoms. The summed E-state index contributed by atoms with van der Waals surface area (Å²) >= 11 is 0. The number of nitrogens with zero attached hydrogens (tertiary/aromatic N) is 1. The second-order valence-electron chi connectivity index (χ2n) is 5.86. The van der Waals surface area contributed by atoms with Crippen molar-refractivity contribution in [3.05, 3.63) is 48.6 Å². The molecule has 0 spiro atoms. The Bertz CT molecular complexity index is 399. The van der Waals surface area contributed by atoms with Crippen LogP contribution in [-0.2, 0) is 0 Å². The Morgan fingerprint density at radius 3 is 2.53 bits per heavy atom. The van der Waals surface area contributed by atoms with Crippen LogP contribution in [0.1, 0.15) is 32.4 Å². The van der Waals surface area contributed by atoms with E-state index in [1.165, 1.54) is 5.56 Å². The first-order chi connectivity index (χ1) is 9.13. The van der Waals surface area contributed by atoms with Gasteiger partial charge in [-0.25, -0.2) is 0 Å². The predicted octanol–water partition coefficient (Wildman–Crippen LogP) is 3.23. The molecule has 0 bridgehead atoms. The fourth-order valence-electron chi connectivity index (χ4n) is 2.82. The summed E-state index contributed by atoms with van der Waals surface area (Å²) in [5, 5.41) is 3.70. The van der Waals surface area contributed by atoms with Crippen LogP contribution in [0.2, 0.25) is 0 Å². The zero-order chi connectivity index (χ0) is 13.8. The highest BCUT2D eigenvalue weighted by Gasteiger charge is 2.31. The molecule has 1 heterocycles. The van der Waals surface area contributed by atoms with E-state index in [0.717, 1.165) is 13.1 Å². The van der Waals surface area contributed by atoms with E-state index in [-0.39, 0.29) is 0 Å². The molecule has 1 fully saturated rings. The summed E-state index contributed by atoms with van der Waals surface area (Å²) in [7, 11) is 0.